The van der Waals surface area contributed by atoms with Crippen LogP contribution in [-0.4, -0.2) is 23.0 Å². The van der Waals surface area contributed by atoms with E-state index in [4.69, 9.17) is 4.74 Å². The average Bonchev–Trinajstić information content (AvgIpc) is 2.54. The first-order chi connectivity index (χ1) is 10.3. The van der Waals surface area contributed by atoms with Crippen LogP contribution in [0.1, 0.15) is 10.5 Å². The van der Waals surface area contributed by atoms with Crippen molar-refractivity contribution in [2.75, 3.05) is 12.4 Å². The first-order valence-corrected chi connectivity index (χ1v) is 6.43. The lowest BCUT2D eigenvalue weighted by molar-refractivity contribution is 0.102. The van der Waals surface area contributed by atoms with Crippen LogP contribution in [0.3, 0.4) is 0 Å². The monoisotopic (exact) mass is 279 g/mol. The molecule has 21 heavy (non-hydrogen) atoms. The quantitative estimate of drug-likeness (QED) is 0.800. The zero-order valence-corrected chi connectivity index (χ0v) is 11.4. The van der Waals surface area contributed by atoms with Gasteiger partial charge in [0.2, 0.25) is 0 Å². The Kier molecular flexibility index (Phi) is 3.47. The second-order valence-corrected chi connectivity index (χ2v) is 4.43. The molecule has 0 saturated carbocycles. The summed E-state index contributed by atoms with van der Waals surface area (Å²) in [5, 5.41) is 2.78. The van der Waals surface area contributed by atoms with Gasteiger partial charge in [-0.15, -0.1) is 0 Å². The van der Waals surface area contributed by atoms with Gasteiger partial charge in [0.15, 0.2) is 0 Å². The van der Waals surface area contributed by atoms with Crippen LogP contribution < -0.4 is 10.1 Å². The molecule has 0 bridgehead atoms. The first-order valence-electron chi connectivity index (χ1n) is 6.43. The molecular formula is C16H13N3O2. The molecule has 1 aromatic heterocycles. The van der Waals surface area contributed by atoms with Gasteiger partial charge in [-0.2, -0.15) is 0 Å². The molecule has 0 aliphatic carbocycles. The maximum atomic E-state index is 12.2. The van der Waals surface area contributed by atoms with Crippen LogP contribution in [-0.2, 0) is 0 Å². The van der Waals surface area contributed by atoms with Gasteiger partial charge in [0.05, 0.1) is 24.3 Å². The molecule has 1 N–H and O–H groups in total. The molecule has 0 radical (unpaired) electrons. The molecular weight excluding hydrogens is 266 g/mol. The van der Waals surface area contributed by atoms with Crippen molar-refractivity contribution in [1.29, 1.82) is 0 Å². The van der Waals surface area contributed by atoms with Gasteiger partial charge in [-0.3, -0.25) is 9.78 Å². The molecule has 0 unspecified atom stereocenters. The third-order valence-corrected chi connectivity index (χ3v) is 3.01. The normalized spacial score (nSPS) is 10.3. The molecule has 1 heterocycles. The minimum absolute atomic E-state index is 0.275. The number of hydrogen-bond donors (Lipinski definition) is 1. The Balaban J connectivity index is 1.86. The third-order valence-electron chi connectivity index (χ3n) is 3.01. The molecule has 0 aliphatic heterocycles. The summed E-state index contributed by atoms with van der Waals surface area (Å²) < 4.78 is 5.12. The van der Waals surface area contributed by atoms with E-state index in [1.165, 1.54) is 6.20 Å². The molecule has 1 amide bonds. The smallest absolute Gasteiger partial charge is 0.275 e. The first kappa shape index (κ1) is 13.1. The second-order valence-electron chi connectivity index (χ2n) is 4.43. The highest BCUT2D eigenvalue weighted by atomic mass is 16.5. The number of carbonyl (C=O) groups is 1. The van der Waals surface area contributed by atoms with Crippen molar-refractivity contribution in [1.82, 2.24) is 9.97 Å². The molecule has 5 nitrogen and oxygen atoms in total. The topological polar surface area (TPSA) is 64.1 Å². The summed E-state index contributed by atoms with van der Waals surface area (Å²) in [6.45, 7) is 0. The van der Waals surface area contributed by atoms with Crippen LogP contribution in [0.25, 0.3) is 11.0 Å². The summed E-state index contributed by atoms with van der Waals surface area (Å²) >= 11 is 0. The lowest BCUT2D eigenvalue weighted by Gasteiger charge is -2.07. The minimum Gasteiger partial charge on any atom is -0.497 e. The number of anilines is 1. The van der Waals surface area contributed by atoms with E-state index in [2.05, 4.69) is 15.3 Å². The lowest BCUT2D eigenvalue weighted by atomic mass is 10.2. The second kappa shape index (κ2) is 5.58. The molecule has 0 spiro atoms. The number of benzene rings is 2. The average molecular weight is 279 g/mol. The van der Waals surface area contributed by atoms with Crippen molar-refractivity contribution in [2.24, 2.45) is 0 Å². The predicted octanol–water partition coefficient (Wildman–Crippen LogP) is 2.89. The lowest BCUT2D eigenvalue weighted by Crippen LogP contribution is -2.14. The predicted molar refractivity (Wildman–Crippen MR) is 80.5 cm³/mol. The maximum Gasteiger partial charge on any atom is 0.275 e. The fourth-order valence-electron chi connectivity index (χ4n) is 1.96. The van der Waals surface area contributed by atoms with Crippen LogP contribution in [0, 0.1) is 0 Å². The zero-order valence-electron chi connectivity index (χ0n) is 11.4. The van der Waals surface area contributed by atoms with Gasteiger partial charge < -0.3 is 10.1 Å². The van der Waals surface area contributed by atoms with Crippen molar-refractivity contribution in [3.63, 3.8) is 0 Å². The molecule has 104 valence electrons. The summed E-state index contributed by atoms with van der Waals surface area (Å²) in [5.41, 5.74) is 2.37. The number of nitrogens with one attached hydrogen (secondary N) is 1. The number of nitrogens with zero attached hydrogens (tertiary/aromatic N) is 2. The highest BCUT2D eigenvalue weighted by molar-refractivity contribution is 6.03. The summed E-state index contributed by atoms with van der Waals surface area (Å²) in [5.74, 6) is 0.374. The molecule has 3 aromatic rings. The fourth-order valence-corrected chi connectivity index (χ4v) is 1.96. The van der Waals surface area contributed by atoms with Crippen molar-refractivity contribution in [3.8, 4) is 5.75 Å². The molecule has 0 aliphatic rings. The summed E-state index contributed by atoms with van der Waals surface area (Å²) in [6, 6.07) is 14.6. The van der Waals surface area contributed by atoms with Crippen LogP contribution in [0.15, 0.2) is 54.7 Å². The summed E-state index contributed by atoms with van der Waals surface area (Å²) in [4.78, 5) is 20.7. The molecule has 0 saturated heterocycles. The van der Waals surface area contributed by atoms with Crippen molar-refractivity contribution in [3.05, 3.63) is 60.4 Å². The van der Waals surface area contributed by atoms with Gasteiger partial charge >= 0.3 is 0 Å². The number of carbonyl (C=O) groups excluding carboxylic acids is 1. The van der Waals surface area contributed by atoms with Gasteiger partial charge in [-0.25, -0.2) is 4.98 Å². The number of hydrogen-bond acceptors (Lipinski definition) is 4. The van der Waals surface area contributed by atoms with E-state index >= 15 is 0 Å². The Morgan fingerprint density at radius 3 is 2.71 bits per heavy atom. The van der Waals surface area contributed by atoms with E-state index in [1.54, 1.807) is 25.3 Å². The number of para-hydroxylation sites is 2. The summed E-state index contributed by atoms with van der Waals surface area (Å²) in [7, 11) is 1.58. The Morgan fingerprint density at radius 2 is 1.90 bits per heavy atom. The third kappa shape index (κ3) is 2.81. The highest BCUT2D eigenvalue weighted by Gasteiger charge is 2.09. The van der Waals surface area contributed by atoms with Crippen molar-refractivity contribution in [2.45, 2.75) is 0 Å². The van der Waals surface area contributed by atoms with Crippen molar-refractivity contribution < 1.29 is 9.53 Å². The number of amides is 1. The molecule has 2 aromatic carbocycles. The van der Waals surface area contributed by atoms with Gasteiger partial charge in [0.1, 0.15) is 11.4 Å². The Hall–Kier alpha value is -2.95. The number of ether oxygens (including phenoxy) is 1. The Bertz CT molecular complexity index is 802. The van der Waals surface area contributed by atoms with Crippen molar-refractivity contribution >= 4 is 22.6 Å². The minimum atomic E-state index is -0.304. The van der Waals surface area contributed by atoms with E-state index < -0.39 is 0 Å². The number of rotatable bonds is 3. The van der Waals surface area contributed by atoms with Crippen LogP contribution in [0.4, 0.5) is 5.69 Å². The molecule has 0 atom stereocenters. The van der Waals surface area contributed by atoms with Gasteiger partial charge in [0, 0.05) is 11.8 Å². The van der Waals surface area contributed by atoms with Crippen LogP contribution in [0.2, 0.25) is 0 Å². The highest BCUT2D eigenvalue weighted by Crippen LogP contribution is 2.17. The number of fused-ring (bicyclic) bond motifs is 1. The Labute approximate surface area is 121 Å². The zero-order chi connectivity index (χ0) is 14.7. The van der Waals surface area contributed by atoms with E-state index in [1.807, 2.05) is 30.3 Å². The molecule has 3 rings (SSSR count). The van der Waals surface area contributed by atoms with E-state index in [0.29, 0.717) is 17.0 Å². The van der Waals surface area contributed by atoms with Crippen LogP contribution >= 0.6 is 0 Å². The van der Waals surface area contributed by atoms with E-state index in [0.717, 1.165) is 5.52 Å². The van der Waals surface area contributed by atoms with Crippen LogP contribution in [0.5, 0.6) is 5.75 Å². The largest absolute Gasteiger partial charge is 0.497 e. The number of methoxy groups -OCH3 is 1. The maximum absolute atomic E-state index is 12.2. The van der Waals surface area contributed by atoms with Gasteiger partial charge in [0.25, 0.3) is 5.91 Å². The molecule has 0 fully saturated rings. The molecule has 5 heteroatoms. The number of aromatic nitrogens is 2. The van der Waals surface area contributed by atoms with E-state index in [-0.39, 0.29) is 11.6 Å². The van der Waals surface area contributed by atoms with Gasteiger partial charge in [-0.1, -0.05) is 18.2 Å². The Morgan fingerprint density at radius 1 is 1.10 bits per heavy atom. The fraction of sp³-hybridized carbons (Fsp3) is 0.0625. The summed E-state index contributed by atoms with van der Waals surface area (Å²) in [6.07, 6.45) is 1.47. The van der Waals surface area contributed by atoms with Gasteiger partial charge in [-0.05, 0) is 24.3 Å². The SMILES string of the molecule is COc1cccc(NC(=O)c2cnc3ccccc3n2)c1. The standard InChI is InChI=1S/C16H13N3O2/c1-21-12-6-4-5-11(9-12)18-16(20)15-10-17-13-7-2-3-8-14(13)19-15/h2-10H,1H3,(H,18,20). The van der Waals surface area contributed by atoms with E-state index in [9.17, 15) is 4.79 Å².